The van der Waals surface area contributed by atoms with Gasteiger partial charge >= 0.3 is 0 Å². The highest BCUT2D eigenvalue weighted by Crippen LogP contribution is 2.21. The first-order chi connectivity index (χ1) is 9.77. The van der Waals surface area contributed by atoms with Crippen LogP contribution in [-0.2, 0) is 4.79 Å². The molecule has 20 heavy (non-hydrogen) atoms. The topological polar surface area (TPSA) is 78.7 Å². The number of rotatable bonds is 2. The predicted molar refractivity (Wildman–Crippen MR) is 70.0 cm³/mol. The number of nitrogens with one attached hydrogen (secondary N) is 1. The molecule has 0 radical (unpaired) electrons. The van der Waals surface area contributed by atoms with E-state index in [1.54, 1.807) is 4.90 Å². The maximum atomic E-state index is 12.5. The van der Waals surface area contributed by atoms with Crippen molar-refractivity contribution in [2.75, 3.05) is 32.7 Å². The van der Waals surface area contributed by atoms with E-state index in [4.69, 9.17) is 4.52 Å². The predicted octanol–water partition coefficient (Wildman–Crippen LogP) is -0.289. The second-order valence-electron chi connectivity index (χ2n) is 5.12. The summed E-state index contributed by atoms with van der Waals surface area (Å²) in [6.07, 6.45) is 2.95. The van der Waals surface area contributed by atoms with Gasteiger partial charge in [-0.2, -0.15) is 0 Å². The van der Waals surface area contributed by atoms with Crippen LogP contribution in [0.5, 0.6) is 0 Å². The third-order valence-electron chi connectivity index (χ3n) is 3.88. The van der Waals surface area contributed by atoms with Gasteiger partial charge in [-0.05, 0) is 12.8 Å². The fraction of sp³-hybridized carbons (Fsp3) is 0.615. The molecular weight excluding hydrogens is 260 g/mol. The van der Waals surface area contributed by atoms with Crippen molar-refractivity contribution in [3.8, 4) is 0 Å². The van der Waals surface area contributed by atoms with E-state index in [-0.39, 0.29) is 23.6 Å². The molecular formula is C13H18N4O3. The third kappa shape index (κ3) is 2.40. The van der Waals surface area contributed by atoms with Crippen LogP contribution in [0.25, 0.3) is 0 Å². The van der Waals surface area contributed by atoms with Crippen molar-refractivity contribution in [2.45, 2.75) is 18.9 Å². The summed E-state index contributed by atoms with van der Waals surface area (Å²) in [4.78, 5) is 28.3. The molecule has 7 heteroatoms. The minimum absolute atomic E-state index is 0.0563. The Bertz CT molecular complexity index is 482. The second kappa shape index (κ2) is 5.62. The Morgan fingerprint density at radius 1 is 1.30 bits per heavy atom. The van der Waals surface area contributed by atoms with Crippen LogP contribution in [0.1, 0.15) is 23.3 Å². The molecule has 1 unspecified atom stereocenters. The lowest BCUT2D eigenvalue weighted by atomic mass is 10.1. The molecule has 2 aliphatic heterocycles. The van der Waals surface area contributed by atoms with Crippen LogP contribution >= 0.6 is 0 Å². The molecule has 1 aromatic heterocycles. The average Bonchev–Trinajstić information content (AvgIpc) is 3.18. The first-order valence-electron chi connectivity index (χ1n) is 6.98. The van der Waals surface area contributed by atoms with Gasteiger partial charge in [-0.1, -0.05) is 5.16 Å². The minimum Gasteiger partial charge on any atom is -0.364 e. The molecule has 3 rings (SSSR count). The quantitative estimate of drug-likeness (QED) is 0.804. The summed E-state index contributed by atoms with van der Waals surface area (Å²) in [5.41, 5.74) is 0.269. The molecule has 2 fully saturated rings. The highest BCUT2D eigenvalue weighted by atomic mass is 16.5. The number of carbonyl (C=O) groups excluding carboxylic acids is 2. The van der Waals surface area contributed by atoms with Crippen LogP contribution in [-0.4, -0.2) is 65.5 Å². The van der Waals surface area contributed by atoms with Crippen molar-refractivity contribution in [3.63, 3.8) is 0 Å². The van der Waals surface area contributed by atoms with Crippen molar-refractivity contribution >= 4 is 11.8 Å². The minimum atomic E-state index is -0.350. The van der Waals surface area contributed by atoms with E-state index in [1.807, 2.05) is 4.90 Å². The van der Waals surface area contributed by atoms with Gasteiger partial charge in [0.15, 0.2) is 5.69 Å². The molecule has 108 valence electrons. The summed E-state index contributed by atoms with van der Waals surface area (Å²) < 4.78 is 4.71. The zero-order chi connectivity index (χ0) is 13.9. The van der Waals surface area contributed by atoms with E-state index < -0.39 is 0 Å². The molecule has 2 amide bonds. The molecule has 1 N–H and O–H groups in total. The van der Waals surface area contributed by atoms with Gasteiger partial charge in [0.1, 0.15) is 12.3 Å². The standard InChI is InChI=1S/C13H18N4O3/c18-12(10-3-9-20-15-10)17-6-1-2-11(17)13(19)16-7-4-14-5-8-16/h3,9,11,14H,1-2,4-8H2. The number of piperazine rings is 1. The van der Waals surface area contributed by atoms with Crippen molar-refractivity contribution in [2.24, 2.45) is 0 Å². The fourth-order valence-electron chi connectivity index (χ4n) is 2.83. The van der Waals surface area contributed by atoms with E-state index in [9.17, 15) is 9.59 Å². The number of likely N-dealkylation sites (tertiary alicyclic amines) is 1. The number of carbonyl (C=O) groups is 2. The van der Waals surface area contributed by atoms with E-state index in [1.165, 1.54) is 12.3 Å². The lowest BCUT2D eigenvalue weighted by molar-refractivity contribution is -0.135. The molecule has 1 aromatic rings. The van der Waals surface area contributed by atoms with E-state index in [2.05, 4.69) is 10.5 Å². The summed E-state index contributed by atoms with van der Waals surface area (Å²) in [5, 5.41) is 6.89. The number of hydrogen-bond donors (Lipinski definition) is 1. The monoisotopic (exact) mass is 278 g/mol. The van der Waals surface area contributed by atoms with Crippen LogP contribution < -0.4 is 5.32 Å². The highest BCUT2D eigenvalue weighted by molar-refractivity contribution is 5.96. The van der Waals surface area contributed by atoms with Gasteiger partial charge in [0.2, 0.25) is 5.91 Å². The summed E-state index contributed by atoms with van der Waals surface area (Å²) in [6.45, 7) is 3.65. The SMILES string of the molecule is O=C(C1CCCN1C(=O)c1ccon1)N1CCNCC1. The van der Waals surface area contributed by atoms with E-state index >= 15 is 0 Å². The Morgan fingerprint density at radius 3 is 2.80 bits per heavy atom. The highest BCUT2D eigenvalue weighted by Gasteiger charge is 2.37. The van der Waals surface area contributed by atoms with Crippen molar-refractivity contribution in [1.29, 1.82) is 0 Å². The number of amides is 2. The Balaban J connectivity index is 1.71. The van der Waals surface area contributed by atoms with Crippen LogP contribution in [0.3, 0.4) is 0 Å². The third-order valence-corrected chi connectivity index (χ3v) is 3.88. The van der Waals surface area contributed by atoms with Crippen LogP contribution in [0.4, 0.5) is 0 Å². The zero-order valence-electron chi connectivity index (χ0n) is 11.2. The van der Waals surface area contributed by atoms with Gasteiger partial charge in [0, 0.05) is 38.8 Å². The molecule has 0 aromatic carbocycles. The Morgan fingerprint density at radius 2 is 2.10 bits per heavy atom. The molecule has 3 heterocycles. The first-order valence-corrected chi connectivity index (χ1v) is 6.98. The van der Waals surface area contributed by atoms with Crippen molar-refractivity contribution in [3.05, 3.63) is 18.0 Å². The average molecular weight is 278 g/mol. The van der Waals surface area contributed by atoms with Gasteiger partial charge in [-0.25, -0.2) is 0 Å². The van der Waals surface area contributed by atoms with Crippen molar-refractivity contribution < 1.29 is 14.1 Å². The van der Waals surface area contributed by atoms with E-state index in [0.29, 0.717) is 19.6 Å². The molecule has 0 spiro atoms. The summed E-state index contributed by atoms with van der Waals surface area (Å²) >= 11 is 0. The molecule has 1 atom stereocenters. The van der Waals surface area contributed by atoms with Crippen molar-refractivity contribution in [1.82, 2.24) is 20.3 Å². The number of aromatic nitrogens is 1. The maximum absolute atomic E-state index is 12.5. The fourth-order valence-corrected chi connectivity index (χ4v) is 2.83. The van der Waals surface area contributed by atoms with Gasteiger partial charge in [-0.15, -0.1) is 0 Å². The first kappa shape index (κ1) is 13.1. The summed E-state index contributed by atoms with van der Waals surface area (Å²) in [6, 6.07) is 1.19. The zero-order valence-corrected chi connectivity index (χ0v) is 11.2. The number of hydrogen-bond acceptors (Lipinski definition) is 5. The van der Waals surface area contributed by atoms with Gasteiger partial charge in [0.25, 0.3) is 5.91 Å². The lowest BCUT2D eigenvalue weighted by Crippen LogP contribution is -2.53. The number of nitrogens with zero attached hydrogens (tertiary/aromatic N) is 3. The summed E-state index contributed by atoms with van der Waals surface area (Å²) in [7, 11) is 0. The smallest absolute Gasteiger partial charge is 0.276 e. The van der Waals surface area contributed by atoms with Crippen LogP contribution in [0.15, 0.2) is 16.9 Å². The van der Waals surface area contributed by atoms with Gasteiger partial charge in [0.05, 0.1) is 0 Å². The van der Waals surface area contributed by atoms with Gasteiger partial charge < -0.3 is 19.6 Å². The Hall–Kier alpha value is -1.89. The van der Waals surface area contributed by atoms with Gasteiger partial charge in [-0.3, -0.25) is 9.59 Å². The summed E-state index contributed by atoms with van der Waals surface area (Å²) in [5.74, 6) is -0.162. The Labute approximate surface area is 116 Å². The Kier molecular flexibility index (Phi) is 3.68. The largest absolute Gasteiger partial charge is 0.364 e. The van der Waals surface area contributed by atoms with E-state index in [0.717, 1.165) is 25.9 Å². The lowest BCUT2D eigenvalue weighted by Gasteiger charge is -2.32. The molecule has 7 nitrogen and oxygen atoms in total. The molecule has 0 bridgehead atoms. The molecule has 2 aliphatic rings. The maximum Gasteiger partial charge on any atom is 0.276 e. The molecule has 0 aliphatic carbocycles. The normalized spacial score (nSPS) is 23.1. The molecule has 2 saturated heterocycles. The second-order valence-corrected chi connectivity index (χ2v) is 5.12. The van der Waals surface area contributed by atoms with Crippen LogP contribution in [0.2, 0.25) is 0 Å². The van der Waals surface area contributed by atoms with Crippen LogP contribution in [0, 0.1) is 0 Å². The molecule has 0 saturated carbocycles.